The molecule has 3 rings (SSSR count). The van der Waals surface area contributed by atoms with E-state index in [1.54, 1.807) is 20.2 Å². The lowest BCUT2D eigenvalue weighted by Crippen LogP contribution is -2.18. The van der Waals surface area contributed by atoms with Crippen LogP contribution >= 0.6 is 0 Å². The molecule has 0 fully saturated rings. The van der Waals surface area contributed by atoms with Crippen molar-refractivity contribution >= 4 is 16.9 Å². The first-order valence-corrected chi connectivity index (χ1v) is 6.59. The fourth-order valence-electron chi connectivity index (χ4n) is 2.34. The monoisotopic (exact) mass is 281 g/mol. The zero-order valence-electron chi connectivity index (χ0n) is 11.8. The first kappa shape index (κ1) is 13.2. The van der Waals surface area contributed by atoms with E-state index >= 15 is 0 Å². The number of amides is 1. The van der Waals surface area contributed by atoms with Crippen molar-refractivity contribution in [2.75, 3.05) is 14.2 Å². The molecule has 2 aromatic carbocycles. The summed E-state index contributed by atoms with van der Waals surface area (Å²) < 4.78 is 5.43. The highest BCUT2D eigenvalue weighted by Gasteiger charge is 2.17. The summed E-state index contributed by atoms with van der Waals surface area (Å²) in [5.41, 5.74) is 3.06. The fraction of sp³-hybridized carbons (Fsp3) is 0.125. The summed E-state index contributed by atoms with van der Waals surface area (Å²) in [4.78, 5) is 19.7. The Labute approximate surface area is 122 Å². The van der Waals surface area contributed by atoms with Gasteiger partial charge in [0.1, 0.15) is 11.6 Å². The van der Waals surface area contributed by atoms with Crippen molar-refractivity contribution in [3.63, 3.8) is 0 Å². The molecule has 5 heteroatoms. The highest BCUT2D eigenvalue weighted by molar-refractivity contribution is 5.99. The fourth-order valence-corrected chi connectivity index (χ4v) is 2.34. The van der Waals surface area contributed by atoms with E-state index in [9.17, 15) is 4.79 Å². The van der Waals surface area contributed by atoms with Crippen LogP contribution < -0.4 is 10.1 Å². The molecule has 0 bridgehead atoms. The normalized spacial score (nSPS) is 10.6. The van der Waals surface area contributed by atoms with Gasteiger partial charge in [0.05, 0.1) is 29.3 Å². The molecule has 21 heavy (non-hydrogen) atoms. The average Bonchev–Trinajstić information content (AvgIpc) is 2.97. The minimum Gasteiger partial charge on any atom is -0.495 e. The highest BCUT2D eigenvalue weighted by atomic mass is 16.5. The van der Waals surface area contributed by atoms with E-state index in [-0.39, 0.29) is 5.91 Å². The number of methoxy groups -OCH3 is 1. The van der Waals surface area contributed by atoms with E-state index in [4.69, 9.17) is 4.74 Å². The number of benzene rings is 2. The van der Waals surface area contributed by atoms with E-state index in [0.717, 1.165) is 16.6 Å². The highest BCUT2D eigenvalue weighted by Crippen LogP contribution is 2.32. The predicted octanol–water partition coefficient (Wildman–Crippen LogP) is 2.60. The quantitative estimate of drug-likeness (QED) is 0.775. The van der Waals surface area contributed by atoms with Gasteiger partial charge in [0.25, 0.3) is 5.91 Å². The summed E-state index contributed by atoms with van der Waals surface area (Å²) >= 11 is 0. The Balaban J connectivity index is 2.19. The number of imidazole rings is 1. The molecule has 3 aromatic rings. The van der Waals surface area contributed by atoms with E-state index in [1.807, 2.05) is 36.4 Å². The Morgan fingerprint density at radius 2 is 2.00 bits per heavy atom. The van der Waals surface area contributed by atoms with Gasteiger partial charge in [-0.1, -0.05) is 18.2 Å². The lowest BCUT2D eigenvalue weighted by Gasteiger charge is -2.11. The second kappa shape index (κ2) is 5.28. The number of carbonyl (C=O) groups is 1. The van der Waals surface area contributed by atoms with Crippen LogP contribution in [0.1, 0.15) is 10.4 Å². The van der Waals surface area contributed by atoms with Crippen molar-refractivity contribution in [2.45, 2.75) is 0 Å². The van der Waals surface area contributed by atoms with Gasteiger partial charge in [-0.2, -0.15) is 0 Å². The molecule has 0 atom stereocenters. The molecule has 0 saturated heterocycles. The largest absolute Gasteiger partial charge is 0.495 e. The van der Waals surface area contributed by atoms with Gasteiger partial charge in [0, 0.05) is 7.05 Å². The van der Waals surface area contributed by atoms with Crippen LogP contribution in [0.4, 0.5) is 0 Å². The summed E-state index contributed by atoms with van der Waals surface area (Å²) in [6.45, 7) is 0. The lowest BCUT2D eigenvalue weighted by atomic mass is 10.1. The zero-order valence-corrected chi connectivity index (χ0v) is 11.8. The SMILES string of the molecule is CNC(=O)c1cccc(-c2nc3ccccc3[nH]2)c1OC. The van der Waals surface area contributed by atoms with Crippen molar-refractivity contribution in [3.8, 4) is 17.1 Å². The standard InChI is InChI=1S/C16H15N3O2/c1-17-16(20)11-7-5-6-10(14(11)21-2)15-18-12-8-3-4-9-13(12)19-15/h3-9H,1-2H3,(H,17,20)(H,18,19). The van der Waals surface area contributed by atoms with Gasteiger partial charge in [0.2, 0.25) is 0 Å². The molecular weight excluding hydrogens is 266 g/mol. The summed E-state index contributed by atoms with van der Waals surface area (Å²) in [6, 6.07) is 13.2. The van der Waals surface area contributed by atoms with Gasteiger partial charge in [0.15, 0.2) is 0 Å². The number of H-pyrrole nitrogens is 1. The Morgan fingerprint density at radius 1 is 1.19 bits per heavy atom. The number of rotatable bonds is 3. The third kappa shape index (κ3) is 2.23. The number of para-hydroxylation sites is 3. The van der Waals surface area contributed by atoms with Crippen molar-refractivity contribution < 1.29 is 9.53 Å². The maximum absolute atomic E-state index is 11.9. The van der Waals surface area contributed by atoms with Crippen LogP contribution in [0.2, 0.25) is 0 Å². The average molecular weight is 281 g/mol. The molecule has 1 heterocycles. The summed E-state index contributed by atoms with van der Waals surface area (Å²) in [5, 5.41) is 2.61. The minimum atomic E-state index is -0.190. The molecule has 0 spiro atoms. The van der Waals surface area contributed by atoms with Gasteiger partial charge in [-0.25, -0.2) is 4.98 Å². The topological polar surface area (TPSA) is 67.0 Å². The third-order valence-electron chi connectivity index (χ3n) is 3.34. The first-order chi connectivity index (χ1) is 10.2. The molecule has 5 nitrogen and oxygen atoms in total. The number of aromatic amines is 1. The minimum absolute atomic E-state index is 0.190. The molecular formula is C16H15N3O2. The van der Waals surface area contributed by atoms with Crippen LogP contribution in [-0.4, -0.2) is 30.0 Å². The number of ether oxygens (including phenoxy) is 1. The van der Waals surface area contributed by atoms with E-state index < -0.39 is 0 Å². The first-order valence-electron chi connectivity index (χ1n) is 6.59. The third-order valence-corrected chi connectivity index (χ3v) is 3.34. The van der Waals surface area contributed by atoms with E-state index in [0.29, 0.717) is 17.1 Å². The number of nitrogens with one attached hydrogen (secondary N) is 2. The Morgan fingerprint density at radius 3 is 2.71 bits per heavy atom. The summed E-state index contributed by atoms with van der Waals surface area (Å²) in [6.07, 6.45) is 0. The van der Waals surface area contributed by atoms with Gasteiger partial charge in [-0.3, -0.25) is 4.79 Å². The van der Waals surface area contributed by atoms with Gasteiger partial charge < -0.3 is 15.0 Å². The molecule has 0 unspecified atom stereocenters. The molecule has 0 saturated carbocycles. The maximum atomic E-state index is 11.9. The molecule has 0 aliphatic heterocycles. The van der Waals surface area contributed by atoms with Crippen molar-refractivity contribution in [1.29, 1.82) is 0 Å². The molecule has 106 valence electrons. The summed E-state index contributed by atoms with van der Waals surface area (Å²) in [7, 11) is 3.14. The molecule has 2 N–H and O–H groups in total. The maximum Gasteiger partial charge on any atom is 0.254 e. The lowest BCUT2D eigenvalue weighted by molar-refractivity contribution is 0.0960. The number of fused-ring (bicyclic) bond motifs is 1. The van der Waals surface area contributed by atoms with Crippen molar-refractivity contribution in [2.24, 2.45) is 0 Å². The number of hydrogen-bond acceptors (Lipinski definition) is 3. The Bertz CT molecular complexity index is 775. The van der Waals surface area contributed by atoms with E-state index in [1.165, 1.54) is 0 Å². The number of nitrogens with zero attached hydrogens (tertiary/aromatic N) is 1. The van der Waals surface area contributed by atoms with Gasteiger partial charge in [-0.05, 0) is 24.3 Å². The van der Waals surface area contributed by atoms with Crippen LogP contribution in [-0.2, 0) is 0 Å². The Hall–Kier alpha value is -2.82. The predicted molar refractivity (Wildman–Crippen MR) is 81.5 cm³/mol. The zero-order chi connectivity index (χ0) is 14.8. The van der Waals surface area contributed by atoms with E-state index in [2.05, 4.69) is 15.3 Å². The smallest absolute Gasteiger partial charge is 0.254 e. The number of aromatic nitrogens is 2. The number of carbonyl (C=O) groups excluding carboxylic acids is 1. The van der Waals surface area contributed by atoms with Crippen LogP contribution in [0, 0.1) is 0 Å². The van der Waals surface area contributed by atoms with Crippen molar-refractivity contribution in [3.05, 3.63) is 48.0 Å². The second-order valence-corrected chi connectivity index (χ2v) is 4.57. The van der Waals surface area contributed by atoms with Crippen molar-refractivity contribution in [1.82, 2.24) is 15.3 Å². The molecule has 0 aliphatic carbocycles. The second-order valence-electron chi connectivity index (χ2n) is 4.57. The van der Waals surface area contributed by atoms with Crippen LogP contribution in [0.3, 0.4) is 0 Å². The van der Waals surface area contributed by atoms with Crippen LogP contribution in [0.15, 0.2) is 42.5 Å². The van der Waals surface area contributed by atoms with Crippen LogP contribution in [0.25, 0.3) is 22.4 Å². The molecule has 1 aromatic heterocycles. The molecule has 1 amide bonds. The van der Waals surface area contributed by atoms with Gasteiger partial charge in [-0.15, -0.1) is 0 Å². The molecule has 0 aliphatic rings. The van der Waals surface area contributed by atoms with Gasteiger partial charge >= 0.3 is 0 Å². The molecule has 0 radical (unpaired) electrons. The van der Waals surface area contributed by atoms with Crippen LogP contribution in [0.5, 0.6) is 5.75 Å². The Kier molecular flexibility index (Phi) is 3.31. The summed E-state index contributed by atoms with van der Waals surface area (Å²) in [5.74, 6) is 1.000. The number of hydrogen-bond donors (Lipinski definition) is 2.